The topological polar surface area (TPSA) is 53.2 Å². The van der Waals surface area contributed by atoms with Crippen molar-refractivity contribution >= 4 is 11.7 Å². The SMILES string of the molecule is CCCNC(=O)Nc1ccccc1C(C)NC. The monoisotopic (exact) mass is 235 g/mol. The Morgan fingerprint density at radius 3 is 2.71 bits per heavy atom. The number of carbonyl (C=O) groups is 1. The van der Waals surface area contributed by atoms with E-state index in [1.165, 1.54) is 0 Å². The molecule has 17 heavy (non-hydrogen) atoms. The van der Waals surface area contributed by atoms with E-state index in [2.05, 4.69) is 22.9 Å². The van der Waals surface area contributed by atoms with Crippen molar-refractivity contribution in [3.05, 3.63) is 29.8 Å². The van der Waals surface area contributed by atoms with Crippen LogP contribution >= 0.6 is 0 Å². The first-order valence-electron chi connectivity index (χ1n) is 6.00. The average molecular weight is 235 g/mol. The summed E-state index contributed by atoms with van der Waals surface area (Å²) in [4.78, 5) is 11.6. The largest absolute Gasteiger partial charge is 0.338 e. The zero-order valence-electron chi connectivity index (χ0n) is 10.7. The van der Waals surface area contributed by atoms with Crippen molar-refractivity contribution in [2.45, 2.75) is 26.3 Å². The fourth-order valence-corrected chi connectivity index (χ4v) is 1.55. The van der Waals surface area contributed by atoms with Crippen LogP contribution in [0.2, 0.25) is 0 Å². The third-order valence-electron chi connectivity index (χ3n) is 2.64. The molecular weight excluding hydrogens is 214 g/mol. The first-order chi connectivity index (χ1) is 8.19. The van der Waals surface area contributed by atoms with Crippen LogP contribution in [0.15, 0.2) is 24.3 Å². The molecular formula is C13H21N3O. The summed E-state index contributed by atoms with van der Waals surface area (Å²) < 4.78 is 0. The maximum Gasteiger partial charge on any atom is 0.319 e. The molecule has 0 bridgehead atoms. The van der Waals surface area contributed by atoms with Gasteiger partial charge in [-0.05, 0) is 32.0 Å². The van der Waals surface area contributed by atoms with Gasteiger partial charge in [0.25, 0.3) is 0 Å². The standard InChI is InChI=1S/C13H21N3O/c1-4-9-15-13(17)16-12-8-6-5-7-11(12)10(2)14-3/h5-8,10,14H,4,9H2,1-3H3,(H2,15,16,17). The highest BCUT2D eigenvalue weighted by molar-refractivity contribution is 5.90. The third kappa shape index (κ3) is 4.07. The predicted molar refractivity (Wildman–Crippen MR) is 71.2 cm³/mol. The highest BCUT2D eigenvalue weighted by Crippen LogP contribution is 2.21. The second kappa shape index (κ2) is 6.91. The molecule has 4 nitrogen and oxygen atoms in total. The molecule has 3 N–H and O–H groups in total. The molecule has 1 atom stereocenters. The molecule has 94 valence electrons. The highest BCUT2D eigenvalue weighted by Gasteiger charge is 2.09. The molecule has 0 aliphatic rings. The van der Waals surface area contributed by atoms with Gasteiger partial charge in [-0.15, -0.1) is 0 Å². The Balaban J connectivity index is 2.73. The Labute approximate surface area is 103 Å². The van der Waals surface area contributed by atoms with Crippen molar-refractivity contribution in [2.75, 3.05) is 18.9 Å². The molecule has 0 heterocycles. The molecule has 0 aliphatic heterocycles. The summed E-state index contributed by atoms with van der Waals surface area (Å²) in [6.45, 7) is 4.78. The molecule has 0 aliphatic carbocycles. The molecule has 0 saturated carbocycles. The minimum Gasteiger partial charge on any atom is -0.338 e. The van der Waals surface area contributed by atoms with E-state index in [0.717, 1.165) is 17.7 Å². The van der Waals surface area contributed by atoms with Gasteiger partial charge >= 0.3 is 6.03 Å². The van der Waals surface area contributed by atoms with Crippen LogP contribution in [0.25, 0.3) is 0 Å². The van der Waals surface area contributed by atoms with Crippen LogP contribution in [-0.2, 0) is 0 Å². The molecule has 1 aromatic rings. The second-order valence-electron chi connectivity index (χ2n) is 3.98. The second-order valence-corrected chi connectivity index (χ2v) is 3.98. The van der Waals surface area contributed by atoms with Crippen LogP contribution in [0.4, 0.5) is 10.5 Å². The van der Waals surface area contributed by atoms with Crippen molar-refractivity contribution in [1.82, 2.24) is 10.6 Å². The van der Waals surface area contributed by atoms with Gasteiger partial charge in [-0.3, -0.25) is 0 Å². The number of amides is 2. The van der Waals surface area contributed by atoms with Gasteiger partial charge in [0.15, 0.2) is 0 Å². The summed E-state index contributed by atoms with van der Waals surface area (Å²) in [5, 5.41) is 8.83. The van der Waals surface area contributed by atoms with E-state index in [4.69, 9.17) is 0 Å². The van der Waals surface area contributed by atoms with Crippen molar-refractivity contribution in [3.8, 4) is 0 Å². The van der Waals surface area contributed by atoms with Gasteiger partial charge in [-0.2, -0.15) is 0 Å². The lowest BCUT2D eigenvalue weighted by Crippen LogP contribution is -2.30. The van der Waals surface area contributed by atoms with Gasteiger partial charge in [0, 0.05) is 18.3 Å². The van der Waals surface area contributed by atoms with Gasteiger partial charge in [0.1, 0.15) is 0 Å². The molecule has 0 fully saturated rings. The number of anilines is 1. The zero-order chi connectivity index (χ0) is 12.7. The molecule has 2 amide bonds. The third-order valence-corrected chi connectivity index (χ3v) is 2.64. The van der Waals surface area contributed by atoms with Gasteiger partial charge in [-0.25, -0.2) is 4.79 Å². The molecule has 1 aromatic carbocycles. The van der Waals surface area contributed by atoms with Gasteiger partial charge in [0.2, 0.25) is 0 Å². The predicted octanol–water partition coefficient (Wildman–Crippen LogP) is 2.50. The van der Waals surface area contributed by atoms with E-state index in [-0.39, 0.29) is 12.1 Å². The molecule has 4 heteroatoms. The summed E-state index contributed by atoms with van der Waals surface area (Å²) >= 11 is 0. The molecule has 1 rings (SSSR count). The first-order valence-corrected chi connectivity index (χ1v) is 6.00. The minimum absolute atomic E-state index is 0.150. The van der Waals surface area contributed by atoms with Crippen molar-refractivity contribution in [1.29, 1.82) is 0 Å². The molecule has 0 radical (unpaired) electrons. The number of rotatable bonds is 5. The van der Waals surface area contributed by atoms with Crippen LogP contribution in [0.5, 0.6) is 0 Å². The first kappa shape index (κ1) is 13.5. The quantitative estimate of drug-likeness (QED) is 0.734. The number of urea groups is 1. The molecule has 1 unspecified atom stereocenters. The van der Waals surface area contributed by atoms with E-state index < -0.39 is 0 Å². The smallest absolute Gasteiger partial charge is 0.319 e. The fraction of sp³-hybridized carbons (Fsp3) is 0.462. The number of carbonyl (C=O) groups excluding carboxylic acids is 1. The van der Waals surface area contributed by atoms with Crippen LogP contribution in [0.3, 0.4) is 0 Å². The lowest BCUT2D eigenvalue weighted by molar-refractivity contribution is 0.252. The number of hydrogen-bond acceptors (Lipinski definition) is 2. The summed E-state index contributed by atoms with van der Waals surface area (Å²) in [6, 6.07) is 7.87. The minimum atomic E-state index is -0.150. The average Bonchev–Trinajstić information content (AvgIpc) is 2.36. The van der Waals surface area contributed by atoms with Gasteiger partial charge in [-0.1, -0.05) is 25.1 Å². The summed E-state index contributed by atoms with van der Waals surface area (Å²) in [5.74, 6) is 0. The maximum absolute atomic E-state index is 11.6. The Morgan fingerprint density at radius 2 is 2.06 bits per heavy atom. The van der Waals surface area contributed by atoms with Crippen molar-refractivity contribution in [2.24, 2.45) is 0 Å². The summed E-state index contributed by atoms with van der Waals surface area (Å²) in [7, 11) is 1.90. The van der Waals surface area contributed by atoms with E-state index in [0.29, 0.717) is 6.54 Å². The van der Waals surface area contributed by atoms with Crippen LogP contribution in [0.1, 0.15) is 31.9 Å². The zero-order valence-corrected chi connectivity index (χ0v) is 10.7. The lowest BCUT2D eigenvalue weighted by atomic mass is 10.1. The lowest BCUT2D eigenvalue weighted by Gasteiger charge is -2.16. The highest BCUT2D eigenvalue weighted by atomic mass is 16.2. The summed E-state index contributed by atoms with van der Waals surface area (Å²) in [5.41, 5.74) is 1.93. The van der Waals surface area contributed by atoms with E-state index in [1.54, 1.807) is 0 Å². The number of benzene rings is 1. The normalized spacial score (nSPS) is 11.9. The van der Waals surface area contributed by atoms with E-state index in [1.807, 2.05) is 38.2 Å². The van der Waals surface area contributed by atoms with Crippen molar-refractivity contribution < 1.29 is 4.79 Å². The Morgan fingerprint density at radius 1 is 1.35 bits per heavy atom. The van der Waals surface area contributed by atoms with Crippen LogP contribution < -0.4 is 16.0 Å². The maximum atomic E-state index is 11.6. The van der Waals surface area contributed by atoms with Crippen LogP contribution in [-0.4, -0.2) is 19.6 Å². The fourth-order valence-electron chi connectivity index (χ4n) is 1.55. The van der Waals surface area contributed by atoms with Crippen molar-refractivity contribution in [3.63, 3.8) is 0 Å². The van der Waals surface area contributed by atoms with E-state index in [9.17, 15) is 4.79 Å². The Kier molecular flexibility index (Phi) is 5.49. The Bertz CT molecular complexity index is 365. The Hall–Kier alpha value is -1.55. The summed E-state index contributed by atoms with van der Waals surface area (Å²) in [6.07, 6.45) is 0.933. The van der Waals surface area contributed by atoms with E-state index >= 15 is 0 Å². The number of hydrogen-bond donors (Lipinski definition) is 3. The van der Waals surface area contributed by atoms with Gasteiger partial charge < -0.3 is 16.0 Å². The number of nitrogens with one attached hydrogen (secondary N) is 3. The molecule has 0 saturated heterocycles. The molecule has 0 aromatic heterocycles. The van der Waals surface area contributed by atoms with Crippen LogP contribution in [0, 0.1) is 0 Å². The number of para-hydroxylation sites is 1. The van der Waals surface area contributed by atoms with Gasteiger partial charge in [0.05, 0.1) is 0 Å². The molecule has 0 spiro atoms.